The van der Waals surface area contributed by atoms with Crippen LogP contribution in [0.5, 0.6) is 0 Å². The van der Waals surface area contributed by atoms with Gasteiger partial charge in [0.15, 0.2) is 6.29 Å². The minimum Gasteiger partial charge on any atom is -0.323 e. The fourth-order valence-electron chi connectivity index (χ4n) is 0.669. The van der Waals surface area contributed by atoms with E-state index in [1.165, 1.54) is 0 Å². The third-order valence-corrected chi connectivity index (χ3v) is 1.13. The maximum atomic E-state index is 10.7. The van der Waals surface area contributed by atoms with Gasteiger partial charge in [0.2, 0.25) is 5.91 Å². The number of carbonyl (C=O) groups is 2. The maximum absolute atomic E-state index is 10.7. The average Bonchev–Trinajstić information content (AvgIpc) is 2.13. The molecule has 52 valence electrons. The van der Waals surface area contributed by atoms with Crippen molar-refractivity contribution in [3.05, 3.63) is 23.9 Å². The summed E-state index contributed by atoms with van der Waals surface area (Å²) in [5.41, 5.74) is 0.318. The largest absolute Gasteiger partial charge is 0.323 e. The summed E-state index contributed by atoms with van der Waals surface area (Å²) in [5, 5.41) is 2.42. The van der Waals surface area contributed by atoms with Crippen molar-refractivity contribution in [3.63, 3.8) is 0 Å². The Morgan fingerprint density at radius 3 is 3.10 bits per heavy atom. The molecule has 1 amide bonds. The third kappa shape index (κ3) is 1.55. The summed E-state index contributed by atoms with van der Waals surface area (Å²) in [6.45, 7) is 0. The molecule has 10 heavy (non-hydrogen) atoms. The Hall–Kier alpha value is -1.38. The molecule has 1 heterocycles. The Balaban J connectivity index is 2.75. The van der Waals surface area contributed by atoms with Gasteiger partial charge in [-0.2, -0.15) is 0 Å². The highest BCUT2D eigenvalue weighted by Gasteiger charge is 2.02. The topological polar surface area (TPSA) is 46.2 Å². The average molecular weight is 137 g/mol. The number of aldehydes is 1. The van der Waals surface area contributed by atoms with Gasteiger partial charge in [0, 0.05) is 6.42 Å². The van der Waals surface area contributed by atoms with Gasteiger partial charge in [0.1, 0.15) is 0 Å². The number of allylic oxidation sites excluding steroid dienone is 3. The molecule has 0 aromatic rings. The van der Waals surface area contributed by atoms with E-state index < -0.39 is 0 Å². The molecule has 1 aliphatic rings. The Morgan fingerprint density at radius 1 is 1.60 bits per heavy atom. The number of amides is 1. The molecule has 0 bridgehead atoms. The second-order valence-corrected chi connectivity index (χ2v) is 1.92. The summed E-state index contributed by atoms with van der Waals surface area (Å²) in [5.74, 6) is -0.146. The Bertz CT molecular complexity index is 216. The van der Waals surface area contributed by atoms with Gasteiger partial charge in [0.25, 0.3) is 0 Å². The molecule has 0 fully saturated rings. The van der Waals surface area contributed by atoms with E-state index in [1.54, 1.807) is 18.2 Å². The van der Waals surface area contributed by atoms with Gasteiger partial charge in [0.05, 0.1) is 5.70 Å². The summed E-state index contributed by atoms with van der Waals surface area (Å²) in [7, 11) is 0. The minimum absolute atomic E-state index is 0.146. The lowest BCUT2D eigenvalue weighted by molar-refractivity contribution is -0.120. The van der Waals surface area contributed by atoms with Crippen molar-refractivity contribution in [2.75, 3.05) is 0 Å². The number of nitrogens with one attached hydrogen (secondary N) is 1. The lowest BCUT2D eigenvalue weighted by Crippen LogP contribution is -2.21. The summed E-state index contributed by atoms with van der Waals surface area (Å²) >= 11 is 0. The van der Waals surface area contributed by atoms with Gasteiger partial charge in [-0.25, -0.2) is 0 Å². The lowest BCUT2D eigenvalue weighted by Gasteiger charge is -1.96. The van der Waals surface area contributed by atoms with Gasteiger partial charge in [-0.15, -0.1) is 0 Å². The molecule has 1 N–H and O–H groups in total. The molecule has 1 rings (SSSR count). The molecule has 0 atom stereocenters. The third-order valence-electron chi connectivity index (χ3n) is 1.13. The molecule has 3 nitrogen and oxygen atoms in total. The van der Waals surface area contributed by atoms with Gasteiger partial charge >= 0.3 is 0 Å². The molecule has 0 aliphatic carbocycles. The second kappa shape index (κ2) is 2.96. The quantitative estimate of drug-likeness (QED) is 0.523. The van der Waals surface area contributed by atoms with Crippen LogP contribution in [0.1, 0.15) is 6.42 Å². The minimum atomic E-state index is -0.146. The Kier molecular flexibility index (Phi) is 1.99. The summed E-state index contributed by atoms with van der Waals surface area (Å²) in [4.78, 5) is 20.8. The number of carbonyl (C=O) groups excluding carboxylic acids is 2. The van der Waals surface area contributed by atoms with Crippen molar-refractivity contribution >= 4 is 12.2 Å². The molecular weight excluding hydrogens is 130 g/mol. The first-order valence-corrected chi connectivity index (χ1v) is 2.95. The highest BCUT2D eigenvalue weighted by Crippen LogP contribution is 1.94. The zero-order chi connectivity index (χ0) is 7.40. The fraction of sp³-hybridized carbons (Fsp3) is 0.143. The van der Waals surface area contributed by atoms with E-state index in [9.17, 15) is 9.59 Å². The molecule has 3 heteroatoms. The summed E-state index contributed by atoms with van der Waals surface area (Å²) in [6, 6.07) is 0. The first kappa shape index (κ1) is 6.74. The highest BCUT2D eigenvalue weighted by atomic mass is 16.2. The second-order valence-electron chi connectivity index (χ2n) is 1.92. The summed E-state index contributed by atoms with van der Waals surface area (Å²) < 4.78 is 0. The molecule has 0 saturated carbocycles. The number of hydrogen-bond acceptors (Lipinski definition) is 2. The predicted octanol–water partition coefficient (Wildman–Crippen LogP) is 0.145. The van der Waals surface area contributed by atoms with Crippen molar-refractivity contribution < 1.29 is 9.59 Å². The van der Waals surface area contributed by atoms with Crippen molar-refractivity contribution in [1.29, 1.82) is 0 Å². The van der Waals surface area contributed by atoms with Crippen LogP contribution in [0.4, 0.5) is 0 Å². The van der Waals surface area contributed by atoms with E-state index in [2.05, 4.69) is 5.32 Å². The zero-order valence-electron chi connectivity index (χ0n) is 5.33. The smallest absolute Gasteiger partial charge is 0.228 e. The monoisotopic (exact) mass is 137 g/mol. The van der Waals surface area contributed by atoms with Crippen LogP contribution in [-0.4, -0.2) is 12.2 Å². The van der Waals surface area contributed by atoms with Crippen LogP contribution in [0.15, 0.2) is 23.9 Å². The maximum Gasteiger partial charge on any atom is 0.228 e. The van der Waals surface area contributed by atoms with Crippen LogP contribution in [0.2, 0.25) is 0 Å². The van der Waals surface area contributed by atoms with Crippen molar-refractivity contribution in [1.82, 2.24) is 5.32 Å². The molecule has 0 radical (unpaired) electrons. The molecule has 0 spiro atoms. The van der Waals surface area contributed by atoms with Crippen molar-refractivity contribution in [2.45, 2.75) is 6.42 Å². The van der Waals surface area contributed by atoms with E-state index in [4.69, 9.17) is 0 Å². The van der Waals surface area contributed by atoms with Gasteiger partial charge in [-0.1, -0.05) is 12.2 Å². The van der Waals surface area contributed by atoms with Gasteiger partial charge in [-0.05, 0) is 6.08 Å². The van der Waals surface area contributed by atoms with E-state index in [1.807, 2.05) is 0 Å². The molecule has 0 unspecified atom stereocenters. The van der Waals surface area contributed by atoms with Crippen LogP contribution < -0.4 is 5.32 Å². The molecule has 0 saturated heterocycles. The SMILES string of the molecule is O=CC1=CC=CCC(=O)N1. The Morgan fingerprint density at radius 2 is 2.40 bits per heavy atom. The van der Waals surface area contributed by atoms with Crippen LogP contribution in [0, 0.1) is 0 Å². The van der Waals surface area contributed by atoms with Crippen LogP contribution in [0.3, 0.4) is 0 Å². The van der Waals surface area contributed by atoms with E-state index in [0.717, 1.165) is 0 Å². The molecule has 0 aromatic carbocycles. The van der Waals surface area contributed by atoms with E-state index in [0.29, 0.717) is 18.4 Å². The van der Waals surface area contributed by atoms with Crippen molar-refractivity contribution in [2.24, 2.45) is 0 Å². The normalized spacial score (nSPS) is 17.2. The zero-order valence-corrected chi connectivity index (χ0v) is 5.33. The number of hydrogen-bond donors (Lipinski definition) is 1. The van der Waals surface area contributed by atoms with Gasteiger partial charge < -0.3 is 5.32 Å². The highest BCUT2D eigenvalue weighted by molar-refractivity contribution is 5.87. The molecule has 0 aromatic heterocycles. The molecular formula is C7H7NO2. The van der Waals surface area contributed by atoms with Crippen molar-refractivity contribution in [3.8, 4) is 0 Å². The first-order valence-electron chi connectivity index (χ1n) is 2.95. The molecule has 1 aliphatic heterocycles. The van der Waals surface area contributed by atoms with Crippen LogP contribution in [-0.2, 0) is 9.59 Å². The predicted molar refractivity (Wildman–Crippen MR) is 36.0 cm³/mol. The van der Waals surface area contributed by atoms with Crippen LogP contribution in [0.25, 0.3) is 0 Å². The number of rotatable bonds is 1. The van der Waals surface area contributed by atoms with E-state index >= 15 is 0 Å². The summed E-state index contributed by atoms with van der Waals surface area (Å²) in [6.07, 6.45) is 5.91. The van der Waals surface area contributed by atoms with Crippen LogP contribution >= 0.6 is 0 Å². The Labute approximate surface area is 58.4 Å². The lowest BCUT2D eigenvalue weighted by atomic mass is 10.4. The van der Waals surface area contributed by atoms with Gasteiger partial charge in [-0.3, -0.25) is 9.59 Å². The fourth-order valence-corrected chi connectivity index (χ4v) is 0.669. The first-order chi connectivity index (χ1) is 4.83. The van der Waals surface area contributed by atoms with E-state index in [-0.39, 0.29) is 5.91 Å². The standard InChI is InChI=1S/C7H7NO2/c9-5-6-3-1-2-4-7(10)8-6/h1-3,5H,4H2,(H,8,10).